The Morgan fingerprint density at radius 2 is 1.90 bits per heavy atom. The van der Waals surface area contributed by atoms with Crippen molar-refractivity contribution in [2.24, 2.45) is 0 Å². The first-order valence-corrected chi connectivity index (χ1v) is 11.0. The topological polar surface area (TPSA) is 92.8 Å². The number of nitrogens with one attached hydrogen (secondary N) is 1. The number of fused-ring (bicyclic) bond motifs is 1. The maximum absolute atomic E-state index is 13.1. The second kappa shape index (κ2) is 8.39. The number of sulfonamides is 1. The summed E-state index contributed by atoms with van der Waals surface area (Å²) in [6.45, 7) is -0.566. The van der Waals surface area contributed by atoms with Crippen LogP contribution >= 0.6 is 11.6 Å². The number of hydrogen-bond acceptors (Lipinski definition) is 5. The Hall–Kier alpha value is -2.79. The predicted molar refractivity (Wildman–Crippen MR) is 108 cm³/mol. The van der Waals surface area contributed by atoms with Gasteiger partial charge < -0.3 is 10.1 Å². The number of hydrogen-bond donors (Lipinski definition) is 1. The summed E-state index contributed by atoms with van der Waals surface area (Å²) in [5.74, 6) is -1.84. The van der Waals surface area contributed by atoms with Gasteiger partial charge in [-0.25, -0.2) is 13.2 Å². The average molecular weight is 477 g/mol. The zero-order chi connectivity index (χ0) is 23.0. The van der Waals surface area contributed by atoms with Crippen molar-refractivity contribution in [1.29, 1.82) is 0 Å². The highest BCUT2D eigenvalue weighted by Crippen LogP contribution is 2.36. The van der Waals surface area contributed by atoms with Gasteiger partial charge in [0.15, 0.2) is 6.61 Å². The molecule has 1 N–H and O–H groups in total. The molecule has 3 rings (SSSR count). The van der Waals surface area contributed by atoms with Gasteiger partial charge >= 0.3 is 12.1 Å². The number of carbonyl (C=O) groups is 2. The molecule has 7 nitrogen and oxygen atoms in total. The minimum atomic E-state index is -4.74. The summed E-state index contributed by atoms with van der Waals surface area (Å²) in [7, 11) is -3.44. The van der Waals surface area contributed by atoms with Gasteiger partial charge in [-0.3, -0.25) is 9.10 Å². The van der Waals surface area contributed by atoms with E-state index in [9.17, 15) is 31.2 Å². The molecule has 0 atom stereocenters. The van der Waals surface area contributed by atoms with Crippen molar-refractivity contribution in [3.05, 3.63) is 58.1 Å². The number of esters is 1. The molecule has 0 radical (unpaired) electrons. The summed E-state index contributed by atoms with van der Waals surface area (Å²) in [4.78, 5) is 24.2. The molecule has 2 aromatic rings. The molecular weight excluding hydrogens is 461 g/mol. The minimum absolute atomic E-state index is 0.0874. The lowest BCUT2D eigenvalue weighted by Crippen LogP contribution is -2.27. The van der Waals surface area contributed by atoms with Gasteiger partial charge in [-0.15, -0.1) is 0 Å². The van der Waals surface area contributed by atoms with Crippen LogP contribution in [0.5, 0.6) is 0 Å². The minimum Gasteiger partial charge on any atom is -0.452 e. The predicted octanol–water partition coefficient (Wildman–Crippen LogP) is 3.48. The molecule has 0 fully saturated rings. The number of amides is 1. The molecule has 0 aromatic heterocycles. The van der Waals surface area contributed by atoms with Gasteiger partial charge in [0.05, 0.1) is 28.8 Å². The summed E-state index contributed by atoms with van der Waals surface area (Å²) < 4.78 is 68.9. The van der Waals surface area contributed by atoms with Crippen molar-refractivity contribution in [3.8, 4) is 0 Å². The van der Waals surface area contributed by atoms with Crippen LogP contribution in [-0.4, -0.2) is 39.7 Å². The quantitative estimate of drug-likeness (QED) is 0.667. The Bertz CT molecular complexity index is 1150. The summed E-state index contributed by atoms with van der Waals surface area (Å²) in [5, 5.41) is 1.90. The van der Waals surface area contributed by atoms with Crippen molar-refractivity contribution >= 4 is 44.9 Å². The zero-order valence-corrected chi connectivity index (χ0v) is 17.6. The first-order valence-electron chi connectivity index (χ1n) is 8.80. The Kier molecular flexibility index (Phi) is 6.19. The number of carbonyl (C=O) groups excluding carboxylic acids is 2. The van der Waals surface area contributed by atoms with E-state index in [2.05, 4.69) is 0 Å². The molecule has 2 aromatic carbocycles. The molecule has 12 heteroatoms. The lowest BCUT2D eigenvalue weighted by Gasteiger charge is -2.16. The van der Waals surface area contributed by atoms with Gasteiger partial charge in [-0.05, 0) is 48.4 Å². The summed E-state index contributed by atoms with van der Waals surface area (Å²) in [6.07, 6.45) is -3.26. The Morgan fingerprint density at radius 3 is 2.55 bits per heavy atom. The lowest BCUT2D eigenvalue weighted by atomic mass is 10.1. The molecule has 0 aliphatic carbocycles. The van der Waals surface area contributed by atoms with E-state index >= 15 is 0 Å². The van der Waals surface area contributed by atoms with Crippen molar-refractivity contribution in [2.45, 2.75) is 12.6 Å². The van der Waals surface area contributed by atoms with Crippen LogP contribution in [0.1, 0.15) is 21.5 Å². The molecule has 1 aliphatic heterocycles. The van der Waals surface area contributed by atoms with Crippen molar-refractivity contribution < 1.29 is 35.9 Å². The molecule has 0 saturated carbocycles. The van der Waals surface area contributed by atoms with E-state index in [1.807, 2.05) is 5.32 Å². The Balaban J connectivity index is 1.65. The number of benzene rings is 2. The van der Waals surface area contributed by atoms with Crippen molar-refractivity contribution in [1.82, 2.24) is 0 Å². The van der Waals surface area contributed by atoms with Crippen molar-refractivity contribution in [3.63, 3.8) is 0 Å². The van der Waals surface area contributed by atoms with Crippen LogP contribution in [0.2, 0.25) is 5.02 Å². The highest BCUT2D eigenvalue weighted by Gasteiger charge is 2.34. The van der Waals surface area contributed by atoms with E-state index in [-0.39, 0.29) is 17.1 Å². The summed E-state index contributed by atoms with van der Waals surface area (Å²) >= 11 is 5.59. The van der Waals surface area contributed by atoms with Crippen LogP contribution in [-0.2, 0) is 32.2 Å². The fraction of sp³-hybridized carbons (Fsp3) is 0.263. The van der Waals surface area contributed by atoms with Crippen LogP contribution in [0.15, 0.2) is 36.4 Å². The molecule has 166 valence electrons. The fourth-order valence-corrected chi connectivity index (χ4v) is 4.23. The number of nitrogens with zero attached hydrogens (tertiary/aromatic N) is 1. The average Bonchev–Trinajstić information content (AvgIpc) is 3.10. The third-order valence-electron chi connectivity index (χ3n) is 4.46. The van der Waals surface area contributed by atoms with Crippen LogP contribution < -0.4 is 9.62 Å². The first kappa shape index (κ1) is 22.9. The van der Waals surface area contributed by atoms with E-state index in [0.29, 0.717) is 23.7 Å². The maximum atomic E-state index is 13.1. The molecular formula is C19H16ClF3N2O5S. The largest absolute Gasteiger partial charge is 0.452 e. The van der Waals surface area contributed by atoms with Crippen LogP contribution in [0.4, 0.5) is 24.5 Å². The molecule has 31 heavy (non-hydrogen) atoms. The molecule has 0 saturated heterocycles. The van der Waals surface area contributed by atoms with E-state index < -0.39 is 45.9 Å². The van der Waals surface area contributed by atoms with Gasteiger partial charge in [-0.1, -0.05) is 11.6 Å². The van der Waals surface area contributed by atoms with Crippen LogP contribution in [0, 0.1) is 0 Å². The lowest BCUT2D eigenvalue weighted by molar-refractivity contribution is -0.137. The van der Waals surface area contributed by atoms with Crippen LogP contribution in [0.3, 0.4) is 0 Å². The standard InChI is InChI=1S/C19H16ClF3N2O5S/c1-31(28,29)25-7-6-11-8-12(2-5-16(11)25)18(27)30-10-17(26)24-15-4-3-13(20)9-14(15)19(21,22)23/h2-5,8-9H,6-7,10H2,1H3,(H,24,26). The van der Waals surface area contributed by atoms with Gasteiger partial charge in [0, 0.05) is 11.6 Å². The normalized spacial score (nSPS) is 13.6. The number of halogens is 4. The van der Waals surface area contributed by atoms with Crippen LogP contribution in [0.25, 0.3) is 0 Å². The number of ether oxygens (including phenoxy) is 1. The third kappa shape index (κ3) is 5.28. The monoisotopic (exact) mass is 476 g/mol. The molecule has 1 heterocycles. The third-order valence-corrected chi connectivity index (χ3v) is 5.88. The number of alkyl halides is 3. The van der Waals surface area contributed by atoms with E-state index in [1.165, 1.54) is 28.6 Å². The highest BCUT2D eigenvalue weighted by molar-refractivity contribution is 7.92. The highest BCUT2D eigenvalue weighted by atomic mass is 35.5. The fourth-order valence-electron chi connectivity index (χ4n) is 3.10. The molecule has 0 unspecified atom stereocenters. The first-order chi connectivity index (χ1) is 14.4. The van der Waals surface area contributed by atoms with Gasteiger partial charge in [0.1, 0.15) is 0 Å². The summed E-state index contributed by atoms with van der Waals surface area (Å²) in [5.41, 5.74) is -0.478. The number of anilines is 2. The Labute approximate surface area is 180 Å². The molecule has 1 amide bonds. The van der Waals surface area contributed by atoms with E-state index in [1.54, 1.807) is 0 Å². The Morgan fingerprint density at radius 1 is 1.19 bits per heavy atom. The van der Waals surface area contributed by atoms with Crippen molar-refractivity contribution in [2.75, 3.05) is 29.0 Å². The zero-order valence-electron chi connectivity index (χ0n) is 16.0. The van der Waals surface area contributed by atoms with E-state index in [4.69, 9.17) is 16.3 Å². The SMILES string of the molecule is CS(=O)(=O)N1CCc2cc(C(=O)OCC(=O)Nc3ccc(Cl)cc3C(F)(F)F)ccc21. The number of rotatable bonds is 5. The van der Waals surface area contributed by atoms with E-state index in [0.717, 1.165) is 12.3 Å². The maximum Gasteiger partial charge on any atom is 0.418 e. The van der Waals surface area contributed by atoms with Gasteiger partial charge in [-0.2, -0.15) is 13.2 Å². The van der Waals surface area contributed by atoms with Gasteiger partial charge in [0.2, 0.25) is 10.0 Å². The second-order valence-corrected chi connectivity index (χ2v) is 9.08. The molecule has 0 bridgehead atoms. The summed E-state index contributed by atoms with van der Waals surface area (Å²) in [6, 6.07) is 7.13. The molecule has 1 aliphatic rings. The van der Waals surface area contributed by atoms with Gasteiger partial charge in [0.25, 0.3) is 5.91 Å². The molecule has 0 spiro atoms. The second-order valence-electron chi connectivity index (χ2n) is 6.74. The smallest absolute Gasteiger partial charge is 0.418 e.